The molecule has 1 saturated carbocycles. The summed E-state index contributed by atoms with van der Waals surface area (Å²) in [6.45, 7) is 0. The molecule has 0 radical (unpaired) electrons. The first-order chi connectivity index (χ1) is 13.5. The van der Waals surface area contributed by atoms with Crippen LogP contribution in [0.15, 0.2) is 69.9 Å². The van der Waals surface area contributed by atoms with Crippen molar-refractivity contribution >= 4 is 21.8 Å². The first-order valence-corrected chi connectivity index (χ1v) is 9.71. The van der Waals surface area contributed by atoms with Crippen molar-refractivity contribution in [3.05, 3.63) is 92.6 Å². The zero-order valence-corrected chi connectivity index (χ0v) is 16.4. The van der Waals surface area contributed by atoms with Gasteiger partial charge in [-0.3, -0.25) is 9.59 Å². The number of amides is 1. The molecule has 1 aromatic heterocycles. The molecule has 142 valence electrons. The fraction of sp³-hybridized carbons (Fsp3) is 0.190. The summed E-state index contributed by atoms with van der Waals surface area (Å²) in [6.07, 6.45) is 2.70. The maximum Gasteiger partial charge on any atom is 0.272 e. The molecule has 0 unspecified atom stereocenters. The molecular formula is C21H17BrFN3O2. The normalized spacial score (nSPS) is 14.9. The maximum atomic E-state index is 13.2. The Bertz CT molecular complexity index is 1090. The minimum absolute atomic E-state index is 0.130. The van der Waals surface area contributed by atoms with E-state index in [1.54, 1.807) is 0 Å². The lowest BCUT2D eigenvalue weighted by Gasteiger charge is -2.43. The van der Waals surface area contributed by atoms with E-state index >= 15 is 0 Å². The van der Waals surface area contributed by atoms with Crippen LogP contribution in [0.3, 0.4) is 0 Å². The van der Waals surface area contributed by atoms with Gasteiger partial charge in [0.05, 0.1) is 11.2 Å². The van der Waals surface area contributed by atoms with Crippen molar-refractivity contribution in [3.8, 4) is 5.69 Å². The fourth-order valence-electron chi connectivity index (χ4n) is 3.38. The molecule has 1 aliphatic rings. The van der Waals surface area contributed by atoms with E-state index in [9.17, 15) is 14.0 Å². The largest absolute Gasteiger partial charge is 0.341 e. The maximum absolute atomic E-state index is 13.2. The number of rotatable bonds is 4. The lowest BCUT2D eigenvalue weighted by Crippen LogP contribution is -2.51. The second-order valence-electron chi connectivity index (χ2n) is 6.85. The molecule has 0 bridgehead atoms. The highest BCUT2D eigenvalue weighted by molar-refractivity contribution is 9.10. The van der Waals surface area contributed by atoms with Gasteiger partial charge in [-0.2, -0.15) is 9.78 Å². The van der Waals surface area contributed by atoms with Crippen LogP contribution in [0.2, 0.25) is 0 Å². The highest BCUT2D eigenvalue weighted by Gasteiger charge is 2.40. The Morgan fingerprint density at radius 1 is 1.11 bits per heavy atom. The van der Waals surface area contributed by atoms with Gasteiger partial charge >= 0.3 is 0 Å². The molecule has 0 aliphatic heterocycles. The number of hydrogen-bond acceptors (Lipinski definition) is 3. The van der Waals surface area contributed by atoms with Crippen LogP contribution < -0.4 is 10.9 Å². The van der Waals surface area contributed by atoms with Crippen molar-refractivity contribution in [1.82, 2.24) is 15.1 Å². The zero-order chi connectivity index (χ0) is 19.7. The molecule has 1 N–H and O–H groups in total. The minimum Gasteiger partial charge on any atom is -0.341 e. The SMILES string of the molecule is O=C(NC1(c2cccc(Br)c2)CCC1)c1ccc(=O)n(-c2ccc(F)cc2)n1. The van der Waals surface area contributed by atoms with E-state index in [0.717, 1.165) is 34.0 Å². The quantitative estimate of drug-likeness (QED) is 0.666. The number of benzene rings is 2. The van der Waals surface area contributed by atoms with Crippen LogP contribution >= 0.6 is 15.9 Å². The van der Waals surface area contributed by atoms with Gasteiger partial charge in [-0.25, -0.2) is 4.39 Å². The van der Waals surface area contributed by atoms with E-state index in [4.69, 9.17) is 0 Å². The third-order valence-electron chi connectivity index (χ3n) is 5.04. The van der Waals surface area contributed by atoms with Gasteiger partial charge in [0, 0.05) is 10.5 Å². The van der Waals surface area contributed by atoms with Gasteiger partial charge < -0.3 is 5.32 Å². The molecule has 2 aromatic carbocycles. The lowest BCUT2D eigenvalue weighted by molar-refractivity contribution is 0.0816. The first-order valence-electron chi connectivity index (χ1n) is 8.92. The Labute approximate surface area is 169 Å². The lowest BCUT2D eigenvalue weighted by atomic mass is 9.71. The van der Waals surface area contributed by atoms with Crippen LogP contribution in [-0.4, -0.2) is 15.7 Å². The molecule has 1 fully saturated rings. The summed E-state index contributed by atoms with van der Waals surface area (Å²) < 4.78 is 15.2. The van der Waals surface area contributed by atoms with Gasteiger partial charge in [0.2, 0.25) is 0 Å². The Morgan fingerprint density at radius 2 is 1.86 bits per heavy atom. The first kappa shape index (κ1) is 18.6. The Hall–Kier alpha value is -2.80. The van der Waals surface area contributed by atoms with Gasteiger partial charge in [0.1, 0.15) is 11.5 Å². The van der Waals surface area contributed by atoms with Crippen LogP contribution in [0.5, 0.6) is 0 Å². The van der Waals surface area contributed by atoms with Gasteiger partial charge in [-0.15, -0.1) is 0 Å². The average Bonchev–Trinajstić information content (AvgIpc) is 2.65. The summed E-state index contributed by atoms with van der Waals surface area (Å²) in [4.78, 5) is 25.1. The van der Waals surface area contributed by atoms with Crippen LogP contribution in [0.1, 0.15) is 35.3 Å². The Balaban J connectivity index is 1.64. The number of carbonyl (C=O) groups excluding carboxylic acids is 1. The van der Waals surface area contributed by atoms with Gasteiger partial charge in [0.15, 0.2) is 0 Å². The molecule has 0 saturated heterocycles. The molecule has 0 spiro atoms. The third kappa shape index (κ3) is 3.49. The van der Waals surface area contributed by atoms with Gasteiger partial charge in [-0.1, -0.05) is 28.1 Å². The number of carbonyl (C=O) groups is 1. The summed E-state index contributed by atoms with van der Waals surface area (Å²) in [5.74, 6) is -0.762. The van der Waals surface area contributed by atoms with Crippen molar-refractivity contribution < 1.29 is 9.18 Å². The van der Waals surface area contributed by atoms with Crippen LogP contribution in [0.4, 0.5) is 4.39 Å². The molecule has 4 rings (SSSR count). The predicted molar refractivity (Wildman–Crippen MR) is 107 cm³/mol. The number of hydrogen-bond donors (Lipinski definition) is 1. The number of halogens is 2. The van der Waals surface area contributed by atoms with Crippen molar-refractivity contribution in [2.45, 2.75) is 24.8 Å². The second kappa shape index (κ2) is 7.31. The smallest absolute Gasteiger partial charge is 0.272 e. The summed E-state index contributed by atoms with van der Waals surface area (Å²) in [5, 5.41) is 7.29. The van der Waals surface area contributed by atoms with E-state index in [1.807, 2.05) is 24.3 Å². The topological polar surface area (TPSA) is 64.0 Å². The highest BCUT2D eigenvalue weighted by Crippen LogP contribution is 2.42. The molecule has 5 nitrogen and oxygen atoms in total. The van der Waals surface area contributed by atoms with Crippen LogP contribution in [-0.2, 0) is 5.54 Å². The number of aromatic nitrogens is 2. The minimum atomic E-state index is -0.431. The van der Waals surface area contributed by atoms with E-state index in [-0.39, 0.29) is 11.6 Å². The number of nitrogens with one attached hydrogen (secondary N) is 1. The average molecular weight is 442 g/mol. The summed E-state index contributed by atoms with van der Waals surface area (Å²) >= 11 is 3.48. The third-order valence-corrected chi connectivity index (χ3v) is 5.53. The molecule has 28 heavy (non-hydrogen) atoms. The van der Waals surface area contributed by atoms with E-state index in [2.05, 4.69) is 26.3 Å². The summed E-state index contributed by atoms with van der Waals surface area (Å²) in [5.41, 5.74) is 0.734. The monoisotopic (exact) mass is 441 g/mol. The fourth-order valence-corrected chi connectivity index (χ4v) is 3.78. The molecule has 0 atom stereocenters. The van der Waals surface area contributed by atoms with Crippen molar-refractivity contribution in [2.75, 3.05) is 0 Å². The van der Waals surface area contributed by atoms with E-state index < -0.39 is 16.9 Å². The molecule has 1 amide bonds. The Morgan fingerprint density at radius 3 is 2.50 bits per heavy atom. The second-order valence-corrected chi connectivity index (χ2v) is 7.76. The Kier molecular flexibility index (Phi) is 4.85. The predicted octanol–water partition coefficient (Wildman–Crippen LogP) is 3.94. The van der Waals surface area contributed by atoms with Crippen molar-refractivity contribution in [1.29, 1.82) is 0 Å². The van der Waals surface area contributed by atoms with Crippen molar-refractivity contribution in [3.63, 3.8) is 0 Å². The number of nitrogens with zero attached hydrogens (tertiary/aromatic N) is 2. The van der Waals surface area contributed by atoms with Gasteiger partial charge in [0.25, 0.3) is 11.5 Å². The molecule has 1 aliphatic carbocycles. The summed E-state index contributed by atoms with van der Waals surface area (Å²) in [7, 11) is 0. The van der Waals surface area contributed by atoms with Gasteiger partial charge in [-0.05, 0) is 67.3 Å². The standard InChI is InChI=1S/C21H17BrFN3O2/c22-15-4-1-3-14(13-15)21(11-2-12-21)24-20(28)18-9-10-19(27)26(25-18)17-7-5-16(23)6-8-17/h1,3-10,13H,2,11-12H2,(H,24,28). The summed E-state index contributed by atoms with van der Waals surface area (Å²) in [6, 6.07) is 16.0. The van der Waals surface area contributed by atoms with Crippen LogP contribution in [0, 0.1) is 5.82 Å². The molecule has 3 aromatic rings. The van der Waals surface area contributed by atoms with Crippen LogP contribution in [0.25, 0.3) is 5.69 Å². The molecular weight excluding hydrogens is 425 g/mol. The highest BCUT2D eigenvalue weighted by atomic mass is 79.9. The van der Waals surface area contributed by atoms with Crippen molar-refractivity contribution in [2.24, 2.45) is 0 Å². The molecule has 1 heterocycles. The zero-order valence-electron chi connectivity index (χ0n) is 14.9. The van der Waals surface area contributed by atoms with E-state index in [1.165, 1.54) is 36.4 Å². The van der Waals surface area contributed by atoms with E-state index in [0.29, 0.717) is 5.69 Å². The molecule has 7 heteroatoms.